The maximum Gasteiger partial charge on any atom is 0.341 e. The van der Waals surface area contributed by atoms with Gasteiger partial charge in [0.2, 0.25) is 0 Å². The minimum atomic E-state index is -0.341. The summed E-state index contributed by atoms with van der Waals surface area (Å²) in [6.45, 7) is 10.1. The van der Waals surface area contributed by atoms with Gasteiger partial charge in [0.1, 0.15) is 17.1 Å². The first kappa shape index (κ1) is 16.1. The third kappa shape index (κ3) is 3.30. The molecule has 2 aromatic rings. The first-order chi connectivity index (χ1) is 10.4. The molecule has 0 aliphatic carbocycles. The molecule has 0 spiro atoms. The van der Waals surface area contributed by atoms with Gasteiger partial charge in [0.05, 0.1) is 6.61 Å². The molecule has 0 atom stereocenters. The average Bonchev–Trinajstić information content (AvgIpc) is 2.83. The lowest BCUT2D eigenvalue weighted by atomic mass is 9.98. The topological polar surface area (TPSA) is 39.4 Å². The zero-order chi connectivity index (χ0) is 16.3. The molecular weight excluding hydrogens is 276 g/mol. The van der Waals surface area contributed by atoms with Gasteiger partial charge in [0.25, 0.3) is 0 Å². The fourth-order valence-corrected chi connectivity index (χ4v) is 2.41. The molecule has 0 aliphatic rings. The van der Waals surface area contributed by atoms with Crippen LogP contribution < -0.4 is 0 Å². The second-order valence-corrected chi connectivity index (χ2v) is 5.54. The molecule has 0 unspecified atom stereocenters. The van der Waals surface area contributed by atoms with Gasteiger partial charge in [-0.25, -0.2) is 4.79 Å². The van der Waals surface area contributed by atoms with Crippen molar-refractivity contribution in [2.45, 2.75) is 34.6 Å². The number of allylic oxidation sites excluding steroid dienone is 1. The van der Waals surface area contributed by atoms with Gasteiger partial charge in [0.15, 0.2) is 0 Å². The molecular formula is C19H22O3. The van der Waals surface area contributed by atoms with E-state index in [4.69, 9.17) is 9.15 Å². The van der Waals surface area contributed by atoms with Crippen molar-refractivity contribution in [1.29, 1.82) is 0 Å². The highest BCUT2D eigenvalue weighted by Crippen LogP contribution is 2.30. The van der Waals surface area contributed by atoms with Gasteiger partial charge in [0, 0.05) is 5.57 Å². The highest BCUT2D eigenvalue weighted by molar-refractivity contribution is 5.92. The zero-order valence-corrected chi connectivity index (χ0v) is 13.8. The van der Waals surface area contributed by atoms with Gasteiger partial charge in [-0.05, 0) is 46.2 Å². The second kappa shape index (κ2) is 6.65. The number of furan rings is 1. The Kier molecular flexibility index (Phi) is 4.86. The number of esters is 1. The van der Waals surface area contributed by atoms with Gasteiger partial charge < -0.3 is 9.15 Å². The maximum atomic E-state index is 12.0. The van der Waals surface area contributed by atoms with Crippen molar-refractivity contribution in [2.75, 3.05) is 6.61 Å². The molecule has 0 saturated carbocycles. The summed E-state index contributed by atoms with van der Waals surface area (Å²) in [4.78, 5) is 12.0. The molecule has 3 nitrogen and oxygen atoms in total. The Balaban J connectivity index is 2.48. The van der Waals surface area contributed by atoms with Crippen LogP contribution in [0.15, 0.2) is 40.3 Å². The van der Waals surface area contributed by atoms with Crippen LogP contribution in [0.4, 0.5) is 0 Å². The van der Waals surface area contributed by atoms with E-state index in [0.717, 1.165) is 16.7 Å². The van der Waals surface area contributed by atoms with Crippen LogP contribution in [0.1, 0.15) is 53.8 Å². The summed E-state index contributed by atoms with van der Waals surface area (Å²) < 4.78 is 10.9. The lowest BCUT2D eigenvalue weighted by molar-refractivity contribution is 0.0524. The van der Waals surface area contributed by atoms with Crippen LogP contribution >= 0.6 is 0 Å². The minimum absolute atomic E-state index is 0.341. The van der Waals surface area contributed by atoms with Crippen molar-refractivity contribution >= 4 is 11.5 Å². The van der Waals surface area contributed by atoms with Gasteiger partial charge >= 0.3 is 5.97 Å². The van der Waals surface area contributed by atoms with E-state index in [1.54, 1.807) is 19.9 Å². The highest BCUT2D eigenvalue weighted by Gasteiger charge is 2.19. The zero-order valence-electron chi connectivity index (χ0n) is 13.8. The molecule has 116 valence electrons. The Morgan fingerprint density at radius 2 is 1.77 bits per heavy atom. The van der Waals surface area contributed by atoms with Crippen molar-refractivity contribution in [3.8, 4) is 0 Å². The molecule has 1 heterocycles. The molecule has 0 aliphatic heterocycles. The third-order valence-electron chi connectivity index (χ3n) is 3.50. The summed E-state index contributed by atoms with van der Waals surface area (Å²) in [6.07, 6.45) is 0. The van der Waals surface area contributed by atoms with E-state index >= 15 is 0 Å². The Bertz CT molecular complexity index is 699. The molecule has 3 heteroatoms. The SMILES string of the molecule is CCOC(=O)c1cc(C(=C(C)C)c2ccc(C)cc2)oc1C. The molecule has 0 fully saturated rings. The van der Waals surface area contributed by atoms with E-state index in [0.29, 0.717) is 23.7 Å². The Morgan fingerprint density at radius 3 is 2.32 bits per heavy atom. The molecule has 0 N–H and O–H groups in total. The van der Waals surface area contributed by atoms with Crippen molar-refractivity contribution in [1.82, 2.24) is 0 Å². The van der Waals surface area contributed by atoms with Crippen molar-refractivity contribution < 1.29 is 13.9 Å². The largest absolute Gasteiger partial charge is 0.462 e. The predicted octanol–water partition coefficient (Wildman–Crippen LogP) is 4.91. The van der Waals surface area contributed by atoms with Crippen molar-refractivity contribution in [3.63, 3.8) is 0 Å². The van der Waals surface area contributed by atoms with Crippen LogP contribution in [0.5, 0.6) is 0 Å². The molecule has 0 radical (unpaired) electrons. The first-order valence-electron chi connectivity index (χ1n) is 7.46. The van der Waals surface area contributed by atoms with Crippen molar-refractivity contribution in [2.24, 2.45) is 0 Å². The smallest absolute Gasteiger partial charge is 0.341 e. The van der Waals surface area contributed by atoms with E-state index in [2.05, 4.69) is 31.2 Å². The number of ether oxygens (including phenoxy) is 1. The van der Waals surface area contributed by atoms with Crippen LogP contribution in [0.25, 0.3) is 5.57 Å². The second-order valence-electron chi connectivity index (χ2n) is 5.54. The summed E-state index contributed by atoms with van der Waals surface area (Å²) in [6, 6.07) is 10.1. The molecule has 0 bridgehead atoms. The molecule has 2 rings (SSSR count). The van der Waals surface area contributed by atoms with Crippen LogP contribution in [0.3, 0.4) is 0 Å². The molecule has 22 heavy (non-hydrogen) atoms. The standard InChI is InChI=1S/C19H22O3/c1-6-21-19(20)16-11-17(22-14(16)5)18(12(2)3)15-9-7-13(4)8-10-15/h7-11H,6H2,1-5H3. The maximum absolute atomic E-state index is 12.0. The van der Waals surface area contributed by atoms with Gasteiger partial charge in [-0.1, -0.05) is 35.4 Å². The predicted molar refractivity (Wildman–Crippen MR) is 88.0 cm³/mol. The number of hydrogen-bond acceptors (Lipinski definition) is 3. The number of carbonyl (C=O) groups is 1. The fraction of sp³-hybridized carbons (Fsp3) is 0.316. The summed E-state index contributed by atoms with van der Waals surface area (Å²) in [7, 11) is 0. The van der Waals surface area contributed by atoms with E-state index in [-0.39, 0.29) is 5.97 Å². The molecule has 0 amide bonds. The van der Waals surface area contributed by atoms with E-state index in [9.17, 15) is 4.79 Å². The first-order valence-corrected chi connectivity index (χ1v) is 7.46. The van der Waals surface area contributed by atoms with Crippen LogP contribution in [0, 0.1) is 13.8 Å². The Labute approximate surface area is 131 Å². The summed E-state index contributed by atoms with van der Waals surface area (Å²) >= 11 is 0. The van der Waals surface area contributed by atoms with E-state index < -0.39 is 0 Å². The lowest BCUT2D eigenvalue weighted by Crippen LogP contribution is -2.04. The third-order valence-corrected chi connectivity index (χ3v) is 3.50. The normalized spacial score (nSPS) is 10.4. The van der Waals surface area contributed by atoms with Crippen LogP contribution in [0.2, 0.25) is 0 Å². The lowest BCUT2D eigenvalue weighted by Gasteiger charge is -2.08. The Hall–Kier alpha value is -2.29. The average molecular weight is 298 g/mol. The van der Waals surface area contributed by atoms with Gasteiger partial charge in [-0.3, -0.25) is 0 Å². The van der Waals surface area contributed by atoms with E-state index in [1.807, 2.05) is 13.8 Å². The van der Waals surface area contributed by atoms with Crippen LogP contribution in [-0.4, -0.2) is 12.6 Å². The highest BCUT2D eigenvalue weighted by atomic mass is 16.5. The number of hydrogen-bond donors (Lipinski definition) is 0. The molecule has 0 saturated heterocycles. The van der Waals surface area contributed by atoms with Gasteiger partial charge in [-0.15, -0.1) is 0 Å². The summed E-state index contributed by atoms with van der Waals surface area (Å²) in [5.74, 6) is 0.940. The van der Waals surface area contributed by atoms with Crippen LogP contribution in [-0.2, 0) is 4.74 Å². The Morgan fingerprint density at radius 1 is 1.14 bits per heavy atom. The van der Waals surface area contributed by atoms with E-state index in [1.165, 1.54) is 5.56 Å². The number of aryl methyl sites for hydroxylation is 2. The number of carbonyl (C=O) groups excluding carboxylic acids is 1. The number of benzene rings is 1. The van der Waals surface area contributed by atoms with Crippen molar-refractivity contribution in [3.05, 3.63) is 64.1 Å². The van der Waals surface area contributed by atoms with Gasteiger partial charge in [-0.2, -0.15) is 0 Å². The monoisotopic (exact) mass is 298 g/mol. The minimum Gasteiger partial charge on any atom is -0.462 e. The quantitative estimate of drug-likeness (QED) is 0.752. The number of rotatable bonds is 4. The summed E-state index contributed by atoms with van der Waals surface area (Å²) in [5.41, 5.74) is 4.92. The molecule has 1 aromatic carbocycles. The molecule has 1 aromatic heterocycles. The fourth-order valence-electron chi connectivity index (χ4n) is 2.41. The summed E-state index contributed by atoms with van der Waals surface area (Å²) in [5, 5.41) is 0.